The lowest BCUT2D eigenvalue weighted by Crippen LogP contribution is -2.37. The van der Waals surface area contributed by atoms with E-state index >= 15 is 0 Å². The molecule has 3 heterocycles. The zero-order chi connectivity index (χ0) is 16.2. The van der Waals surface area contributed by atoms with Crippen LogP contribution in [0.5, 0.6) is 0 Å². The lowest BCUT2D eigenvalue weighted by molar-refractivity contribution is -0.149. The maximum atomic E-state index is 12.7. The highest BCUT2D eigenvalue weighted by Gasteiger charge is 2.56. The fourth-order valence-electron chi connectivity index (χ4n) is 4.08. The van der Waals surface area contributed by atoms with E-state index in [1.165, 1.54) is 0 Å². The second-order valence-electron chi connectivity index (χ2n) is 6.68. The van der Waals surface area contributed by atoms with Crippen LogP contribution in [0.2, 0.25) is 0 Å². The van der Waals surface area contributed by atoms with E-state index in [4.69, 9.17) is 4.42 Å². The molecular weight excluding hydrogens is 332 g/mol. The molecule has 2 aliphatic rings. The monoisotopic (exact) mass is 350 g/mol. The first-order valence-electron chi connectivity index (χ1n) is 7.89. The average molecular weight is 351 g/mol. The Labute approximate surface area is 145 Å². The van der Waals surface area contributed by atoms with E-state index in [2.05, 4.69) is 4.98 Å². The van der Waals surface area contributed by atoms with E-state index in [0.29, 0.717) is 24.1 Å². The normalized spacial score (nSPS) is 25.5. The van der Waals surface area contributed by atoms with Gasteiger partial charge in [0.25, 0.3) is 5.91 Å². The molecule has 1 saturated heterocycles. The summed E-state index contributed by atoms with van der Waals surface area (Å²) in [6, 6.07) is 5.28. The van der Waals surface area contributed by atoms with E-state index in [1.807, 2.05) is 13.0 Å². The van der Waals surface area contributed by atoms with Gasteiger partial charge in [0.2, 0.25) is 0 Å². The van der Waals surface area contributed by atoms with E-state index in [-0.39, 0.29) is 36.5 Å². The van der Waals surface area contributed by atoms with Crippen LogP contribution in [0.15, 0.2) is 22.6 Å². The number of pyridine rings is 1. The Balaban J connectivity index is 0.00000169. The molecule has 128 valence electrons. The maximum Gasteiger partial charge on any atom is 0.311 e. The summed E-state index contributed by atoms with van der Waals surface area (Å²) < 4.78 is 5.61. The number of rotatable bonds is 2. The molecule has 24 heavy (non-hydrogen) atoms. The molecular formula is C17H19ClN2O4. The first kappa shape index (κ1) is 16.8. The molecule has 0 unspecified atom stereocenters. The number of aliphatic carboxylic acids is 1. The average Bonchev–Trinajstić information content (AvgIpc) is 3.17. The number of likely N-dealkylation sites (tertiary alicyclic amines) is 1. The van der Waals surface area contributed by atoms with Crippen molar-refractivity contribution in [1.82, 2.24) is 9.88 Å². The highest BCUT2D eigenvalue weighted by Crippen LogP contribution is 2.49. The van der Waals surface area contributed by atoms with Crippen LogP contribution < -0.4 is 0 Å². The first-order chi connectivity index (χ1) is 11.0. The summed E-state index contributed by atoms with van der Waals surface area (Å²) in [6.45, 7) is 2.65. The summed E-state index contributed by atoms with van der Waals surface area (Å²) >= 11 is 0. The molecule has 1 N–H and O–H groups in total. The molecule has 2 fully saturated rings. The number of carbonyl (C=O) groups excluding carboxylic acids is 1. The van der Waals surface area contributed by atoms with E-state index in [9.17, 15) is 14.7 Å². The van der Waals surface area contributed by atoms with Gasteiger partial charge in [-0.25, -0.2) is 4.98 Å². The van der Waals surface area contributed by atoms with Gasteiger partial charge in [-0.2, -0.15) is 0 Å². The number of aryl methyl sites for hydroxylation is 1. The predicted molar refractivity (Wildman–Crippen MR) is 89.3 cm³/mol. The Morgan fingerprint density at radius 3 is 2.92 bits per heavy atom. The molecule has 0 radical (unpaired) electrons. The lowest BCUT2D eigenvalue weighted by Gasteiger charge is -2.22. The number of hydrogen-bond acceptors (Lipinski definition) is 4. The van der Waals surface area contributed by atoms with Crippen molar-refractivity contribution >= 4 is 35.4 Å². The van der Waals surface area contributed by atoms with Crippen LogP contribution in [0.4, 0.5) is 0 Å². The molecule has 2 aromatic heterocycles. The molecule has 1 saturated carbocycles. The van der Waals surface area contributed by atoms with Crippen LogP contribution in [0.3, 0.4) is 0 Å². The number of carbonyl (C=O) groups is 2. The summed E-state index contributed by atoms with van der Waals surface area (Å²) in [5.74, 6) is -0.736. The number of carboxylic acid groups (broad SMARTS) is 1. The van der Waals surface area contributed by atoms with Gasteiger partial charge >= 0.3 is 5.97 Å². The smallest absolute Gasteiger partial charge is 0.311 e. The van der Waals surface area contributed by atoms with Crippen molar-refractivity contribution in [3.05, 3.63) is 29.7 Å². The summed E-state index contributed by atoms with van der Waals surface area (Å²) in [6.07, 6.45) is 2.45. The Morgan fingerprint density at radius 2 is 2.21 bits per heavy atom. The lowest BCUT2D eigenvalue weighted by atomic mass is 9.81. The van der Waals surface area contributed by atoms with Gasteiger partial charge in [-0.1, -0.05) is 6.42 Å². The number of furan rings is 1. The molecule has 1 aliphatic heterocycles. The third kappa shape index (κ3) is 2.36. The van der Waals surface area contributed by atoms with Crippen molar-refractivity contribution in [3.8, 4) is 0 Å². The number of nitrogens with zero attached hydrogens (tertiary/aromatic N) is 2. The number of halogens is 1. The largest absolute Gasteiger partial charge is 0.481 e. The molecule has 4 rings (SSSR count). The maximum absolute atomic E-state index is 12.7. The molecule has 2 atom stereocenters. The molecule has 1 amide bonds. The second kappa shape index (κ2) is 5.77. The van der Waals surface area contributed by atoms with E-state index < -0.39 is 11.4 Å². The molecule has 0 aromatic carbocycles. The van der Waals surface area contributed by atoms with Gasteiger partial charge in [0.15, 0.2) is 11.3 Å². The number of carboxylic acids is 1. The van der Waals surface area contributed by atoms with Gasteiger partial charge in [0, 0.05) is 24.8 Å². The van der Waals surface area contributed by atoms with Crippen LogP contribution in [0.25, 0.3) is 11.1 Å². The Hall–Kier alpha value is -2.08. The number of fused-ring (bicyclic) bond motifs is 2. The molecule has 0 spiro atoms. The molecule has 2 aromatic rings. The zero-order valence-corrected chi connectivity index (χ0v) is 14.1. The van der Waals surface area contributed by atoms with Crippen molar-refractivity contribution in [3.63, 3.8) is 0 Å². The van der Waals surface area contributed by atoms with Gasteiger partial charge in [0.1, 0.15) is 5.52 Å². The third-order valence-electron chi connectivity index (χ3n) is 5.31. The van der Waals surface area contributed by atoms with Crippen molar-refractivity contribution in [2.24, 2.45) is 11.3 Å². The fourth-order valence-corrected chi connectivity index (χ4v) is 4.08. The standard InChI is InChI=1S/C17H18N2O4.ClH/c1-10-4-5-13-12(18-10)7-14(23-13)15(20)19-8-11-3-2-6-17(11,9-19)16(21)22;/h4-5,7,11H,2-3,6,8-9H2,1H3,(H,21,22);1H/t11-,17+;/m0./s1. The summed E-state index contributed by atoms with van der Waals surface area (Å²) in [5.41, 5.74) is 1.32. The van der Waals surface area contributed by atoms with Crippen LogP contribution in [-0.2, 0) is 4.79 Å². The summed E-state index contributed by atoms with van der Waals surface area (Å²) in [5, 5.41) is 9.62. The first-order valence-corrected chi connectivity index (χ1v) is 7.89. The fraction of sp³-hybridized carbons (Fsp3) is 0.471. The Morgan fingerprint density at radius 1 is 1.42 bits per heavy atom. The number of aromatic nitrogens is 1. The van der Waals surface area contributed by atoms with Crippen LogP contribution in [0.1, 0.15) is 35.5 Å². The van der Waals surface area contributed by atoms with E-state index in [1.54, 1.807) is 17.0 Å². The van der Waals surface area contributed by atoms with Crippen molar-refractivity contribution in [1.29, 1.82) is 0 Å². The minimum atomic E-state index is -0.780. The highest BCUT2D eigenvalue weighted by atomic mass is 35.5. The summed E-state index contributed by atoms with van der Waals surface area (Å²) in [7, 11) is 0. The quantitative estimate of drug-likeness (QED) is 0.900. The molecule has 7 heteroatoms. The highest BCUT2D eigenvalue weighted by molar-refractivity contribution is 5.96. The predicted octanol–water partition coefficient (Wildman–Crippen LogP) is 2.88. The van der Waals surface area contributed by atoms with Gasteiger partial charge < -0.3 is 14.4 Å². The SMILES string of the molecule is Cc1ccc2oc(C(=O)N3C[C@@H]4CCC[C@@]4(C(=O)O)C3)cc2n1.Cl. The van der Waals surface area contributed by atoms with Gasteiger partial charge in [-0.3, -0.25) is 9.59 Å². The van der Waals surface area contributed by atoms with Crippen molar-refractivity contribution in [2.75, 3.05) is 13.1 Å². The van der Waals surface area contributed by atoms with Crippen molar-refractivity contribution < 1.29 is 19.1 Å². The van der Waals surface area contributed by atoms with Crippen LogP contribution in [0, 0.1) is 18.3 Å². The van der Waals surface area contributed by atoms with Gasteiger partial charge in [0.05, 0.1) is 5.41 Å². The second-order valence-corrected chi connectivity index (χ2v) is 6.68. The molecule has 6 nitrogen and oxygen atoms in total. The van der Waals surface area contributed by atoms with Crippen LogP contribution >= 0.6 is 12.4 Å². The minimum absolute atomic E-state index is 0. The van der Waals surface area contributed by atoms with Crippen molar-refractivity contribution in [2.45, 2.75) is 26.2 Å². The molecule has 0 bridgehead atoms. The number of hydrogen-bond donors (Lipinski definition) is 1. The molecule has 1 aliphatic carbocycles. The van der Waals surface area contributed by atoms with Crippen LogP contribution in [-0.4, -0.2) is 40.0 Å². The van der Waals surface area contributed by atoms with Gasteiger partial charge in [-0.15, -0.1) is 12.4 Å². The minimum Gasteiger partial charge on any atom is -0.481 e. The Kier molecular flexibility index (Phi) is 4.03. The summed E-state index contributed by atoms with van der Waals surface area (Å²) in [4.78, 5) is 30.4. The Bertz CT molecular complexity index is 818. The topological polar surface area (TPSA) is 83.6 Å². The third-order valence-corrected chi connectivity index (χ3v) is 5.31. The van der Waals surface area contributed by atoms with E-state index in [0.717, 1.165) is 18.5 Å². The zero-order valence-electron chi connectivity index (χ0n) is 13.3. The van der Waals surface area contributed by atoms with Gasteiger partial charge in [-0.05, 0) is 37.8 Å². The number of amides is 1.